The van der Waals surface area contributed by atoms with Crippen LogP contribution in [0.1, 0.15) is 21.6 Å². The van der Waals surface area contributed by atoms with Crippen LogP contribution < -0.4 is 10.0 Å². The average Bonchev–Trinajstić information content (AvgIpc) is 3.45. The lowest BCUT2D eigenvalue weighted by Gasteiger charge is -2.34. The number of carbonyl (C=O) groups is 2. The van der Waals surface area contributed by atoms with E-state index in [0.29, 0.717) is 4.73 Å². The molecule has 2 atom stereocenters. The van der Waals surface area contributed by atoms with Crippen molar-refractivity contribution < 1.29 is 41.0 Å². The molecule has 1 saturated heterocycles. The first-order valence-electron chi connectivity index (χ1n) is 11.9. The molecule has 1 fully saturated rings. The Labute approximate surface area is 233 Å². The topological polar surface area (TPSA) is 129 Å². The van der Waals surface area contributed by atoms with E-state index in [1.807, 2.05) is 0 Å². The number of esters is 1. The van der Waals surface area contributed by atoms with Gasteiger partial charge in [0.25, 0.3) is 11.7 Å². The summed E-state index contributed by atoms with van der Waals surface area (Å²) in [6.45, 7) is -3.50. The first-order valence-corrected chi connectivity index (χ1v) is 14.4. The molecule has 0 saturated carbocycles. The fraction of sp³-hybridized carbons (Fsp3) is 0.269. The lowest BCUT2D eigenvalue weighted by molar-refractivity contribution is -0.616. The number of ether oxygens (including phenoxy) is 2. The number of alkyl halides is 2. The number of halogens is 2. The number of carbonyl (C=O) groups excluding carboxylic acids is 2. The predicted octanol–water partition coefficient (Wildman–Crippen LogP) is 2.62. The number of pyridine rings is 1. The van der Waals surface area contributed by atoms with Gasteiger partial charge in [-0.1, -0.05) is 42.5 Å². The van der Waals surface area contributed by atoms with Crippen LogP contribution in [0.15, 0.2) is 83.9 Å². The molecular weight excluding hydrogens is 568 g/mol. The lowest BCUT2D eigenvalue weighted by atomic mass is 9.99. The van der Waals surface area contributed by atoms with Gasteiger partial charge in [-0.25, -0.2) is 13.2 Å². The van der Waals surface area contributed by atoms with Crippen molar-refractivity contribution in [1.29, 1.82) is 0 Å². The molecule has 10 nitrogen and oxygen atoms in total. The van der Waals surface area contributed by atoms with Gasteiger partial charge in [-0.05, 0) is 18.2 Å². The molecule has 2 heterocycles. The first kappa shape index (κ1) is 29.4. The molecule has 212 valence electrons. The van der Waals surface area contributed by atoms with Crippen LogP contribution in [0.2, 0.25) is 0 Å². The quantitative estimate of drug-likeness (QED) is 0.164. The Morgan fingerprint density at radius 1 is 1.15 bits per heavy atom. The van der Waals surface area contributed by atoms with Gasteiger partial charge in [0.1, 0.15) is 6.42 Å². The molecule has 0 spiro atoms. The molecule has 1 aliphatic rings. The third-order valence-electron chi connectivity index (χ3n) is 6.06. The van der Waals surface area contributed by atoms with Crippen LogP contribution >= 0.6 is 11.8 Å². The first-order chi connectivity index (χ1) is 19.1. The second kappa shape index (κ2) is 12.3. The summed E-state index contributed by atoms with van der Waals surface area (Å²) in [6.07, 6.45) is 0.569. The Kier molecular flexibility index (Phi) is 9.03. The van der Waals surface area contributed by atoms with Gasteiger partial charge in [0.15, 0.2) is 17.3 Å². The van der Waals surface area contributed by atoms with Crippen LogP contribution in [-0.2, 0) is 36.5 Å². The van der Waals surface area contributed by atoms with Crippen molar-refractivity contribution in [3.05, 3.63) is 101 Å². The van der Waals surface area contributed by atoms with E-state index in [1.165, 1.54) is 73.8 Å². The molecule has 0 aliphatic carbocycles. The van der Waals surface area contributed by atoms with E-state index in [4.69, 9.17) is 9.47 Å². The van der Waals surface area contributed by atoms with Crippen molar-refractivity contribution in [2.24, 2.45) is 0 Å². The number of nitrogens with one attached hydrogen (secondary N) is 1. The van der Waals surface area contributed by atoms with E-state index in [-0.39, 0.29) is 34.0 Å². The molecule has 1 aromatic heterocycles. The maximum atomic E-state index is 13.8. The summed E-state index contributed by atoms with van der Waals surface area (Å²) in [5, 5.41) is 13.4. The second-order valence-corrected chi connectivity index (χ2v) is 11.6. The summed E-state index contributed by atoms with van der Waals surface area (Å²) in [6, 6.07) is 17.1. The van der Waals surface area contributed by atoms with Gasteiger partial charge < -0.3 is 15.3 Å². The molecular formula is C26H25F2N3O7S2. The average molecular weight is 594 g/mol. The van der Waals surface area contributed by atoms with E-state index < -0.39 is 46.1 Å². The molecule has 3 aromatic rings. The van der Waals surface area contributed by atoms with Crippen molar-refractivity contribution in [2.45, 2.75) is 29.1 Å². The highest BCUT2D eigenvalue weighted by Gasteiger charge is 2.48. The molecule has 0 radical (unpaired) electrons. The number of rotatable bonds is 10. The maximum Gasteiger partial charge on any atom is 0.348 e. The minimum atomic E-state index is -4.32. The largest absolute Gasteiger partial charge is 0.618 e. The highest BCUT2D eigenvalue weighted by Crippen LogP contribution is 2.37. The van der Waals surface area contributed by atoms with Crippen molar-refractivity contribution >= 4 is 33.7 Å². The van der Waals surface area contributed by atoms with Gasteiger partial charge in [0.2, 0.25) is 10.0 Å². The monoisotopic (exact) mass is 593 g/mol. The van der Waals surface area contributed by atoms with Gasteiger partial charge in [-0.3, -0.25) is 9.53 Å². The Balaban J connectivity index is 1.71. The van der Waals surface area contributed by atoms with Gasteiger partial charge in [-0.15, -0.1) is 11.8 Å². The van der Waals surface area contributed by atoms with E-state index >= 15 is 0 Å². The van der Waals surface area contributed by atoms with Crippen LogP contribution in [0.3, 0.4) is 0 Å². The number of sulfonamides is 1. The Bertz CT molecular complexity index is 1480. The Morgan fingerprint density at radius 2 is 1.88 bits per heavy atom. The van der Waals surface area contributed by atoms with Crippen LogP contribution in [0.25, 0.3) is 0 Å². The van der Waals surface area contributed by atoms with E-state index in [1.54, 1.807) is 6.07 Å². The fourth-order valence-electron chi connectivity index (χ4n) is 4.18. The zero-order valence-electron chi connectivity index (χ0n) is 21.1. The number of hydrogen-bond donors (Lipinski definition) is 1. The molecule has 4 rings (SSSR count). The van der Waals surface area contributed by atoms with Gasteiger partial charge >= 0.3 is 12.6 Å². The lowest BCUT2D eigenvalue weighted by Crippen LogP contribution is -2.47. The number of thioether (sulfide) groups is 1. The minimum absolute atomic E-state index is 0.0168. The normalized spacial score (nSPS) is 17.4. The van der Waals surface area contributed by atoms with E-state index in [2.05, 4.69) is 5.32 Å². The van der Waals surface area contributed by atoms with Gasteiger partial charge in [-0.2, -0.15) is 17.8 Å². The molecule has 1 amide bonds. The maximum absolute atomic E-state index is 13.8. The predicted molar refractivity (Wildman–Crippen MR) is 140 cm³/mol. The fourth-order valence-corrected chi connectivity index (χ4v) is 7.27. The van der Waals surface area contributed by atoms with Crippen LogP contribution in [-0.4, -0.2) is 55.9 Å². The molecule has 2 aromatic carbocycles. The minimum Gasteiger partial charge on any atom is -0.618 e. The van der Waals surface area contributed by atoms with Gasteiger partial charge in [0.05, 0.1) is 4.90 Å². The Hall–Kier alpha value is -3.59. The number of hydrogen-bond acceptors (Lipinski definition) is 8. The SMILES string of the molecule is CNC(=O)c1cccc(S(=O)(=O)N2CCS[C@H]2C(=O)OC(Cc2cccc[n+]2[O-])(OC(F)F)c2ccccc2)c1. The summed E-state index contributed by atoms with van der Waals surface area (Å²) >= 11 is 0.942. The molecule has 0 bridgehead atoms. The molecule has 1 N–H and O–H groups in total. The summed E-state index contributed by atoms with van der Waals surface area (Å²) < 4.78 is 66.6. The summed E-state index contributed by atoms with van der Waals surface area (Å²) in [5.74, 6) is -3.91. The van der Waals surface area contributed by atoms with Crippen LogP contribution in [0, 0.1) is 5.21 Å². The van der Waals surface area contributed by atoms with Crippen molar-refractivity contribution in [2.75, 3.05) is 19.3 Å². The zero-order valence-corrected chi connectivity index (χ0v) is 22.7. The summed E-state index contributed by atoms with van der Waals surface area (Å²) in [5.41, 5.74) is 0.0781. The van der Waals surface area contributed by atoms with E-state index in [9.17, 15) is 32.0 Å². The number of benzene rings is 2. The molecule has 14 heteroatoms. The molecule has 1 aliphatic heterocycles. The standard InChI is InChI=1S/C26H25F2N3O7S2/c1-29-22(32)18-8-7-12-21(16-18)40(35,36)31-14-15-39-23(31)24(33)37-26(38-25(27)28,19-9-3-2-4-10-19)17-20-11-5-6-13-30(20)34/h2-13,16,23,25H,14-15,17H2,1H3,(H,29,32)/t23-,26?/m0/s1. The molecule has 1 unspecified atom stereocenters. The second-order valence-electron chi connectivity index (χ2n) is 8.56. The van der Waals surface area contributed by atoms with Crippen LogP contribution in [0.4, 0.5) is 8.78 Å². The smallest absolute Gasteiger partial charge is 0.348 e. The number of amides is 1. The van der Waals surface area contributed by atoms with E-state index in [0.717, 1.165) is 22.3 Å². The van der Waals surface area contributed by atoms with Crippen molar-refractivity contribution in [3.63, 3.8) is 0 Å². The van der Waals surface area contributed by atoms with Crippen molar-refractivity contribution in [1.82, 2.24) is 9.62 Å². The third-order valence-corrected chi connectivity index (χ3v) is 9.23. The highest BCUT2D eigenvalue weighted by molar-refractivity contribution is 8.02. The Morgan fingerprint density at radius 3 is 2.55 bits per heavy atom. The van der Waals surface area contributed by atoms with Gasteiger partial charge in [0, 0.05) is 42.6 Å². The highest BCUT2D eigenvalue weighted by atomic mass is 32.2. The summed E-state index contributed by atoms with van der Waals surface area (Å²) in [7, 11) is -2.92. The number of aromatic nitrogens is 1. The third kappa shape index (κ3) is 6.25. The van der Waals surface area contributed by atoms with Crippen LogP contribution in [0.5, 0.6) is 0 Å². The zero-order chi connectivity index (χ0) is 28.9. The summed E-state index contributed by atoms with van der Waals surface area (Å²) in [4.78, 5) is 25.4. The number of nitrogens with zero attached hydrogens (tertiary/aromatic N) is 2. The van der Waals surface area contributed by atoms with Crippen molar-refractivity contribution in [3.8, 4) is 0 Å². The molecule has 40 heavy (non-hydrogen) atoms.